The van der Waals surface area contributed by atoms with Crippen molar-refractivity contribution in [1.29, 1.82) is 0 Å². The zero-order valence-corrected chi connectivity index (χ0v) is 15.2. The third-order valence-corrected chi connectivity index (χ3v) is 5.10. The SMILES string of the molecule is CC(C)(C)OC(=O)N1CCNC(c2ccc(-c3ccccc3)s2)C1. The molecule has 1 unspecified atom stereocenters. The third kappa shape index (κ3) is 4.16. The molecule has 2 heterocycles. The second-order valence-electron chi connectivity index (χ2n) is 7.00. The number of hydrogen-bond donors (Lipinski definition) is 1. The van der Waals surface area contributed by atoms with Crippen molar-refractivity contribution in [2.24, 2.45) is 0 Å². The summed E-state index contributed by atoms with van der Waals surface area (Å²) >= 11 is 1.78. The molecule has 1 N–H and O–H groups in total. The summed E-state index contributed by atoms with van der Waals surface area (Å²) in [5, 5.41) is 3.51. The molecule has 5 heteroatoms. The zero-order chi connectivity index (χ0) is 17.2. The number of benzene rings is 1. The average molecular weight is 344 g/mol. The smallest absolute Gasteiger partial charge is 0.410 e. The molecule has 3 rings (SSSR count). The van der Waals surface area contributed by atoms with Crippen molar-refractivity contribution in [1.82, 2.24) is 10.2 Å². The van der Waals surface area contributed by atoms with Crippen molar-refractivity contribution in [3.05, 3.63) is 47.3 Å². The van der Waals surface area contributed by atoms with E-state index in [4.69, 9.17) is 4.74 Å². The molecule has 1 aliphatic rings. The molecule has 1 amide bonds. The van der Waals surface area contributed by atoms with Crippen LogP contribution in [0, 0.1) is 0 Å². The van der Waals surface area contributed by atoms with Crippen LogP contribution in [0.15, 0.2) is 42.5 Å². The predicted octanol–water partition coefficient (Wildman–Crippen LogP) is 4.30. The Kier molecular flexibility index (Phi) is 4.92. The Hall–Kier alpha value is -1.85. The minimum atomic E-state index is -0.457. The van der Waals surface area contributed by atoms with Crippen LogP contribution in [0.25, 0.3) is 10.4 Å². The van der Waals surface area contributed by atoms with Crippen LogP contribution >= 0.6 is 11.3 Å². The topological polar surface area (TPSA) is 41.6 Å². The molecule has 0 bridgehead atoms. The van der Waals surface area contributed by atoms with Gasteiger partial charge in [0.1, 0.15) is 5.60 Å². The Balaban J connectivity index is 1.69. The molecule has 2 aromatic rings. The monoisotopic (exact) mass is 344 g/mol. The van der Waals surface area contributed by atoms with E-state index in [-0.39, 0.29) is 12.1 Å². The molecule has 24 heavy (non-hydrogen) atoms. The van der Waals surface area contributed by atoms with E-state index in [9.17, 15) is 4.79 Å². The number of carbonyl (C=O) groups is 1. The summed E-state index contributed by atoms with van der Waals surface area (Å²) in [6.07, 6.45) is -0.228. The molecule has 1 aromatic heterocycles. The Morgan fingerprint density at radius 1 is 1.21 bits per heavy atom. The van der Waals surface area contributed by atoms with E-state index in [2.05, 4.69) is 41.7 Å². The number of thiophene rings is 1. The summed E-state index contributed by atoms with van der Waals surface area (Å²) in [5.41, 5.74) is 0.773. The maximum Gasteiger partial charge on any atom is 0.410 e. The van der Waals surface area contributed by atoms with E-state index in [1.807, 2.05) is 26.8 Å². The van der Waals surface area contributed by atoms with Gasteiger partial charge in [0, 0.05) is 29.4 Å². The van der Waals surface area contributed by atoms with Gasteiger partial charge in [-0.2, -0.15) is 0 Å². The first kappa shape index (κ1) is 17.0. The Bertz CT molecular complexity index is 691. The normalized spacial score (nSPS) is 18.5. The summed E-state index contributed by atoms with van der Waals surface area (Å²) in [7, 11) is 0. The highest BCUT2D eigenvalue weighted by Gasteiger charge is 2.28. The van der Waals surface area contributed by atoms with E-state index < -0.39 is 5.60 Å². The second kappa shape index (κ2) is 6.95. The van der Waals surface area contributed by atoms with Crippen molar-refractivity contribution in [3.8, 4) is 10.4 Å². The molecular formula is C19H24N2O2S. The molecule has 128 valence electrons. The largest absolute Gasteiger partial charge is 0.444 e. The van der Waals surface area contributed by atoms with Crippen molar-refractivity contribution < 1.29 is 9.53 Å². The number of rotatable bonds is 2. The number of nitrogens with one attached hydrogen (secondary N) is 1. The van der Waals surface area contributed by atoms with Crippen LogP contribution in [-0.4, -0.2) is 36.2 Å². The fourth-order valence-corrected chi connectivity index (χ4v) is 3.81. The molecule has 0 aliphatic carbocycles. The molecule has 1 aliphatic heterocycles. The van der Waals surface area contributed by atoms with Gasteiger partial charge >= 0.3 is 6.09 Å². The lowest BCUT2D eigenvalue weighted by Crippen LogP contribution is -2.49. The van der Waals surface area contributed by atoms with Gasteiger partial charge in [0.2, 0.25) is 0 Å². The summed E-state index contributed by atoms with van der Waals surface area (Å²) in [4.78, 5) is 16.6. The third-order valence-electron chi connectivity index (χ3n) is 3.86. The highest BCUT2D eigenvalue weighted by molar-refractivity contribution is 7.15. The van der Waals surface area contributed by atoms with Crippen molar-refractivity contribution in [2.45, 2.75) is 32.4 Å². The van der Waals surface area contributed by atoms with Crippen molar-refractivity contribution >= 4 is 17.4 Å². The first-order valence-corrected chi connectivity index (χ1v) is 9.10. The van der Waals surface area contributed by atoms with E-state index in [1.165, 1.54) is 15.3 Å². The molecular weight excluding hydrogens is 320 g/mol. The van der Waals surface area contributed by atoms with Gasteiger partial charge in [0.15, 0.2) is 0 Å². The van der Waals surface area contributed by atoms with Crippen LogP contribution in [0.5, 0.6) is 0 Å². The molecule has 1 fully saturated rings. The maximum absolute atomic E-state index is 12.3. The van der Waals surface area contributed by atoms with Crippen molar-refractivity contribution in [2.75, 3.05) is 19.6 Å². The van der Waals surface area contributed by atoms with Gasteiger partial charge < -0.3 is 15.0 Å². The van der Waals surface area contributed by atoms with Crippen LogP contribution in [-0.2, 0) is 4.74 Å². The summed E-state index contributed by atoms with van der Waals surface area (Å²) in [6.45, 7) is 7.80. The molecule has 1 saturated heterocycles. The quantitative estimate of drug-likeness (QED) is 0.883. The lowest BCUT2D eigenvalue weighted by molar-refractivity contribution is 0.0196. The van der Waals surface area contributed by atoms with Crippen LogP contribution in [0.1, 0.15) is 31.7 Å². The number of amides is 1. The Morgan fingerprint density at radius 3 is 2.67 bits per heavy atom. The number of hydrogen-bond acceptors (Lipinski definition) is 4. The zero-order valence-electron chi connectivity index (χ0n) is 14.4. The molecule has 0 radical (unpaired) electrons. The van der Waals surface area contributed by atoms with Gasteiger partial charge in [0.25, 0.3) is 0 Å². The molecule has 1 aromatic carbocycles. The number of piperazine rings is 1. The van der Waals surface area contributed by atoms with Gasteiger partial charge in [-0.25, -0.2) is 4.79 Å². The van der Waals surface area contributed by atoms with Crippen LogP contribution < -0.4 is 5.32 Å². The minimum absolute atomic E-state index is 0.161. The van der Waals surface area contributed by atoms with Crippen LogP contribution in [0.2, 0.25) is 0 Å². The van der Waals surface area contributed by atoms with Crippen LogP contribution in [0.4, 0.5) is 4.79 Å². The fourth-order valence-electron chi connectivity index (χ4n) is 2.73. The first-order chi connectivity index (χ1) is 11.4. The summed E-state index contributed by atoms with van der Waals surface area (Å²) in [5.74, 6) is 0. The number of nitrogens with zero attached hydrogens (tertiary/aromatic N) is 1. The van der Waals surface area contributed by atoms with Gasteiger partial charge in [-0.1, -0.05) is 30.3 Å². The number of carbonyl (C=O) groups excluding carboxylic acids is 1. The lowest BCUT2D eigenvalue weighted by Gasteiger charge is -2.34. The summed E-state index contributed by atoms with van der Waals surface area (Å²) < 4.78 is 5.50. The van der Waals surface area contributed by atoms with E-state index >= 15 is 0 Å². The predicted molar refractivity (Wildman–Crippen MR) is 98.3 cm³/mol. The number of ether oxygens (including phenoxy) is 1. The van der Waals surface area contributed by atoms with Gasteiger partial charge in [0.05, 0.1) is 6.04 Å². The molecule has 0 spiro atoms. The Morgan fingerprint density at radius 2 is 1.96 bits per heavy atom. The fraction of sp³-hybridized carbons (Fsp3) is 0.421. The van der Waals surface area contributed by atoms with Crippen LogP contribution in [0.3, 0.4) is 0 Å². The standard InChI is InChI=1S/C19H24N2O2S/c1-19(2,3)23-18(22)21-12-11-20-15(13-21)17-10-9-16(24-17)14-7-5-4-6-8-14/h4-10,15,20H,11-13H2,1-3H3. The van der Waals surface area contributed by atoms with E-state index in [1.54, 1.807) is 16.2 Å². The average Bonchev–Trinajstić information content (AvgIpc) is 3.04. The highest BCUT2D eigenvalue weighted by Crippen LogP contribution is 2.32. The first-order valence-electron chi connectivity index (χ1n) is 8.29. The van der Waals surface area contributed by atoms with Gasteiger partial charge in [-0.3, -0.25) is 0 Å². The van der Waals surface area contributed by atoms with Gasteiger partial charge in [-0.05, 0) is 38.5 Å². The van der Waals surface area contributed by atoms with Crippen molar-refractivity contribution in [3.63, 3.8) is 0 Å². The second-order valence-corrected chi connectivity index (χ2v) is 8.12. The minimum Gasteiger partial charge on any atom is -0.444 e. The molecule has 0 saturated carbocycles. The summed E-state index contributed by atoms with van der Waals surface area (Å²) in [6, 6.07) is 14.9. The van der Waals surface area contributed by atoms with E-state index in [0.29, 0.717) is 13.1 Å². The maximum atomic E-state index is 12.3. The van der Waals surface area contributed by atoms with E-state index in [0.717, 1.165) is 6.54 Å². The molecule has 4 nitrogen and oxygen atoms in total. The lowest BCUT2D eigenvalue weighted by atomic mass is 10.1. The molecule has 1 atom stereocenters. The van der Waals surface area contributed by atoms with Gasteiger partial charge in [-0.15, -0.1) is 11.3 Å². The highest BCUT2D eigenvalue weighted by atomic mass is 32.1. The Labute approximate surface area is 147 Å².